The van der Waals surface area contributed by atoms with Crippen LogP contribution in [0.3, 0.4) is 0 Å². The van der Waals surface area contributed by atoms with Crippen molar-refractivity contribution in [3.63, 3.8) is 0 Å². The molecule has 1 saturated carbocycles. The SMILES string of the molecule is CN=C(NCC(C)(C)CCS(C)(=O)=O)NC1CC2(CCCC2)Oc2ccccc21.I. The summed E-state index contributed by atoms with van der Waals surface area (Å²) in [4.78, 5) is 4.42. The lowest BCUT2D eigenvalue weighted by Gasteiger charge is -2.40. The van der Waals surface area contributed by atoms with Gasteiger partial charge >= 0.3 is 0 Å². The van der Waals surface area contributed by atoms with Crippen LogP contribution in [0.25, 0.3) is 0 Å². The molecule has 2 N–H and O–H groups in total. The molecule has 30 heavy (non-hydrogen) atoms. The number of halogens is 1. The zero-order valence-electron chi connectivity index (χ0n) is 18.5. The Morgan fingerprint density at radius 3 is 2.57 bits per heavy atom. The van der Waals surface area contributed by atoms with Crippen molar-refractivity contribution in [3.8, 4) is 5.75 Å². The molecular formula is C22H36IN3O3S. The van der Waals surface area contributed by atoms with Crippen molar-refractivity contribution in [3.05, 3.63) is 29.8 Å². The number of para-hydroxylation sites is 1. The Balaban J connectivity index is 0.00000320. The minimum atomic E-state index is -2.96. The summed E-state index contributed by atoms with van der Waals surface area (Å²) in [6.45, 7) is 4.81. The maximum absolute atomic E-state index is 11.5. The molecule has 0 bridgehead atoms. The number of hydrogen-bond acceptors (Lipinski definition) is 4. The zero-order chi connectivity index (χ0) is 21.1. The summed E-state index contributed by atoms with van der Waals surface area (Å²) in [5.74, 6) is 1.91. The number of nitrogens with one attached hydrogen (secondary N) is 2. The first-order chi connectivity index (χ1) is 13.6. The van der Waals surface area contributed by atoms with Crippen LogP contribution in [0.15, 0.2) is 29.3 Å². The van der Waals surface area contributed by atoms with Crippen molar-refractivity contribution in [1.82, 2.24) is 10.6 Å². The number of guanidine groups is 1. The lowest BCUT2D eigenvalue weighted by molar-refractivity contribution is 0.0395. The van der Waals surface area contributed by atoms with Crippen molar-refractivity contribution in [2.24, 2.45) is 10.4 Å². The molecule has 1 fully saturated rings. The van der Waals surface area contributed by atoms with E-state index in [-0.39, 0.29) is 46.8 Å². The van der Waals surface area contributed by atoms with Crippen molar-refractivity contribution < 1.29 is 13.2 Å². The van der Waals surface area contributed by atoms with Gasteiger partial charge in [0.05, 0.1) is 11.8 Å². The molecule has 1 unspecified atom stereocenters. The topological polar surface area (TPSA) is 79.8 Å². The molecule has 1 aliphatic heterocycles. The fourth-order valence-electron chi connectivity index (χ4n) is 4.31. The average Bonchev–Trinajstić information content (AvgIpc) is 3.10. The van der Waals surface area contributed by atoms with Gasteiger partial charge in [-0.25, -0.2) is 8.42 Å². The molecule has 1 aromatic rings. The Labute approximate surface area is 198 Å². The minimum Gasteiger partial charge on any atom is -0.487 e. The van der Waals surface area contributed by atoms with E-state index in [4.69, 9.17) is 4.74 Å². The highest BCUT2D eigenvalue weighted by Gasteiger charge is 2.43. The lowest BCUT2D eigenvalue weighted by atomic mass is 9.86. The molecule has 1 aliphatic carbocycles. The van der Waals surface area contributed by atoms with E-state index in [1.165, 1.54) is 24.7 Å². The molecule has 1 atom stereocenters. The van der Waals surface area contributed by atoms with Gasteiger partial charge in [-0.05, 0) is 43.6 Å². The zero-order valence-corrected chi connectivity index (χ0v) is 21.7. The number of fused-ring (bicyclic) bond motifs is 1. The predicted octanol–water partition coefficient (Wildman–Crippen LogP) is 4.07. The maximum Gasteiger partial charge on any atom is 0.191 e. The second-order valence-electron chi connectivity index (χ2n) is 9.40. The lowest BCUT2D eigenvalue weighted by Crippen LogP contribution is -2.48. The molecule has 1 spiro atoms. The number of benzene rings is 1. The van der Waals surface area contributed by atoms with Crippen molar-refractivity contribution in [1.29, 1.82) is 0 Å². The Kier molecular flexibility index (Phi) is 8.46. The molecule has 0 saturated heterocycles. The standard InChI is InChI=1S/C22H35N3O3S.HI/c1-21(2,13-14-29(4,26)27)16-24-20(23-3)25-18-15-22(11-7-8-12-22)28-19-10-6-5-9-17(18)19;/h5-6,9-10,18H,7-8,11-16H2,1-4H3,(H2,23,24,25);1H. The van der Waals surface area contributed by atoms with Crippen LogP contribution in [0.1, 0.15) is 64.0 Å². The van der Waals surface area contributed by atoms with Gasteiger partial charge < -0.3 is 15.4 Å². The largest absolute Gasteiger partial charge is 0.487 e. The van der Waals surface area contributed by atoms with Crippen molar-refractivity contribution >= 4 is 39.8 Å². The molecule has 1 aromatic carbocycles. The summed E-state index contributed by atoms with van der Waals surface area (Å²) < 4.78 is 29.5. The number of rotatable bonds is 6. The van der Waals surface area contributed by atoms with E-state index in [1.807, 2.05) is 12.1 Å². The van der Waals surface area contributed by atoms with Gasteiger partial charge in [0.2, 0.25) is 0 Å². The summed E-state index contributed by atoms with van der Waals surface area (Å²) in [5.41, 5.74) is 0.949. The van der Waals surface area contributed by atoms with E-state index in [0.29, 0.717) is 13.0 Å². The molecule has 6 nitrogen and oxygen atoms in total. The quantitative estimate of drug-likeness (QED) is 0.318. The molecule has 0 radical (unpaired) electrons. The van der Waals surface area contributed by atoms with Crippen LogP contribution >= 0.6 is 24.0 Å². The van der Waals surface area contributed by atoms with Gasteiger partial charge in [0.1, 0.15) is 21.2 Å². The van der Waals surface area contributed by atoms with Crippen LogP contribution < -0.4 is 15.4 Å². The van der Waals surface area contributed by atoms with Gasteiger partial charge in [-0.3, -0.25) is 4.99 Å². The smallest absolute Gasteiger partial charge is 0.191 e. The van der Waals surface area contributed by atoms with Gasteiger partial charge in [0.25, 0.3) is 0 Å². The normalized spacial score (nSPS) is 20.8. The first-order valence-corrected chi connectivity index (χ1v) is 12.6. The Bertz CT molecular complexity index is 849. The Hall–Kier alpha value is -1.03. The third-order valence-corrected chi connectivity index (χ3v) is 7.08. The van der Waals surface area contributed by atoms with Gasteiger partial charge in [0.15, 0.2) is 5.96 Å². The molecule has 170 valence electrons. The van der Waals surface area contributed by atoms with E-state index < -0.39 is 9.84 Å². The van der Waals surface area contributed by atoms with Crippen LogP contribution in [0.2, 0.25) is 0 Å². The van der Waals surface area contributed by atoms with Gasteiger partial charge in [-0.1, -0.05) is 32.0 Å². The average molecular weight is 550 g/mol. The molecule has 0 amide bonds. The van der Waals surface area contributed by atoms with Crippen LogP contribution in [-0.4, -0.2) is 45.6 Å². The van der Waals surface area contributed by atoms with E-state index in [2.05, 4.69) is 41.6 Å². The minimum absolute atomic E-state index is 0. The summed E-state index contributed by atoms with van der Waals surface area (Å²) >= 11 is 0. The summed E-state index contributed by atoms with van der Waals surface area (Å²) in [6.07, 6.45) is 7.47. The second kappa shape index (κ2) is 10.1. The second-order valence-corrected chi connectivity index (χ2v) is 11.7. The third kappa shape index (κ3) is 6.73. The summed E-state index contributed by atoms with van der Waals surface area (Å²) in [6, 6.07) is 8.41. The van der Waals surface area contributed by atoms with Crippen molar-refractivity contribution in [2.45, 2.75) is 64.0 Å². The molecule has 1 heterocycles. The number of hydrogen-bond donors (Lipinski definition) is 2. The van der Waals surface area contributed by atoms with E-state index in [0.717, 1.165) is 31.0 Å². The third-order valence-electron chi connectivity index (χ3n) is 6.13. The van der Waals surface area contributed by atoms with Crippen LogP contribution in [0, 0.1) is 5.41 Å². The first kappa shape index (κ1) is 25.2. The Morgan fingerprint density at radius 1 is 1.27 bits per heavy atom. The van der Waals surface area contributed by atoms with E-state index in [1.54, 1.807) is 7.05 Å². The fraction of sp³-hybridized carbons (Fsp3) is 0.682. The van der Waals surface area contributed by atoms with Crippen LogP contribution in [0.5, 0.6) is 5.75 Å². The molecule has 0 aromatic heterocycles. The molecule has 8 heteroatoms. The highest BCUT2D eigenvalue weighted by atomic mass is 127. The van der Waals surface area contributed by atoms with Gasteiger partial charge in [-0.15, -0.1) is 24.0 Å². The number of ether oxygens (including phenoxy) is 1. The fourth-order valence-corrected chi connectivity index (χ4v) is 5.23. The van der Waals surface area contributed by atoms with Gasteiger partial charge in [-0.2, -0.15) is 0 Å². The molecule has 3 rings (SSSR count). The number of aliphatic imine (C=N–C) groups is 1. The van der Waals surface area contributed by atoms with E-state index in [9.17, 15) is 8.42 Å². The van der Waals surface area contributed by atoms with Gasteiger partial charge in [0, 0.05) is 31.8 Å². The number of nitrogens with zero attached hydrogens (tertiary/aromatic N) is 1. The van der Waals surface area contributed by atoms with Crippen LogP contribution in [-0.2, 0) is 9.84 Å². The molecular weight excluding hydrogens is 513 g/mol. The maximum atomic E-state index is 11.5. The highest BCUT2D eigenvalue weighted by Crippen LogP contribution is 2.46. The summed E-state index contributed by atoms with van der Waals surface area (Å²) in [5, 5.41) is 7.00. The van der Waals surface area contributed by atoms with E-state index >= 15 is 0 Å². The molecule has 2 aliphatic rings. The first-order valence-electron chi connectivity index (χ1n) is 10.5. The predicted molar refractivity (Wildman–Crippen MR) is 134 cm³/mol. The Morgan fingerprint density at radius 2 is 1.93 bits per heavy atom. The van der Waals surface area contributed by atoms with Crippen molar-refractivity contribution in [2.75, 3.05) is 25.6 Å². The van der Waals surface area contributed by atoms with Crippen LogP contribution in [0.4, 0.5) is 0 Å². The summed E-state index contributed by atoms with van der Waals surface area (Å²) in [7, 11) is -1.18. The highest BCUT2D eigenvalue weighted by molar-refractivity contribution is 14.0. The monoisotopic (exact) mass is 549 g/mol. The number of sulfone groups is 1.